The van der Waals surface area contributed by atoms with Crippen molar-refractivity contribution >= 4 is 17.8 Å². The molecule has 0 radical (unpaired) electrons. The summed E-state index contributed by atoms with van der Waals surface area (Å²) in [5.74, 6) is 2.64. The van der Waals surface area contributed by atoms with Crippen LogP contribution in [-0.2, 0) is 0 Å². The van der Waals surface area contributed by atoms with Crippen LogP contribution in [0.3, 0.4) is 0 Å². The van der Waals surface area contributed by atoms with Crippen molar-refractivity contribution in [2.45, 2.75) is 52.5 Å². The van der Waals surface area contributed by atoms with Crippen LogP contribution in [0.25, 0.3) is 0 Å². The van der Waals surface area contributed by atoms with Gasteiger partial charge in [-0.1, -0.05) is 20.8 Å². The first-order valence-corrected chi connectivity index (χ1v) is 8.09. The number of anilines is 3. The van der Waals surface area contributed by atoms with E-state index in [0.717, 1.165) is 25.5 Å². The standard InChI is InChI=1S/C15H28N6/c1-5-12(11(2)3)17-14-18-13(16-4)19-15(20-14)21-9-7-6-8-10-21/h11-12H,5-10H2,1-4H3,(H2,16,17,18,19,20). The van der Waals surface area contributed by atoms with Crippen molar-refractivity contribution in [1.82, 2.24) is 15.0 Å². The van der Waals surface area contributed by atoms with Crippen LogP contribution in [0.5, 0.6) is 0 Å². The predicted molar refractivity (Wildman–Crippen MR) is 88.0 cm³/mol. The molecule has 2 heterocycles. The molecular weight excluding hydrogens is 264 g/mol. The summed E-state index contributed by atoms with van der Waals surface area (Å²) in [7, 11) is 1.85. The van der Waals surface area contributed by atoms with Gasteiger partial charge < -0.3 is 15.5 Å². The van der Waals surface area contributed by atoms with Gasteiger partial charge in [-0.25, -0.2) is 0 Å². The van der Waals surface area contributed by atoms with Gasteiger partial charge in [-0.05, 0) is 31.6 Å². The third kappa shape index (κ3) is 4.19. The Morgan fingerprint density at radius 1 is 1.05 bits per heavy atom. The molecule has 1 aliphatic rings. The van der Waals surface area contributed by atoms with E-state index in [2.05, 4.69) is 51.3 Å². The summed E-state index contributed by atoms with van der Waals surface area (Å²) in [6.45, 7) is 8.69. The molecule has 0 bridgehead atoms. The van der Waals surface area contributed by atoms with Crippen molar-refractivity contribution in [3.8, 4) is 0 Å². The monoisotopic (exact) mass is 292 g/mol. The number of nitrogens with zero attached hydrogens (tertiary/aromatic N) is 4. The minimum atomic E-state index is 0.381. The van der Waals surface area contributed by atoms with Crippen molar-refractivity contribution in [1.29, 1.82) is 0 Å². The SMILES string of the molecule is CCC(Nc1nc(NC)nc(N2CCCCC2)n1)C(C)C. The second-order valence-electron chi connectivity index (χ2n) is 5.98. The first-order chi connectivity index (χ1) is 10.1. The normalized spacial score (nSPS) is 16.9. The fourth-order valence-corrected chi connectivity index (χ4v) is 2.68. The highest BCUT2D eigenvalue weighted by atomic mass is 15.3. The van der Waals surface area contributed by atoms with E-state index in [1.165, 1.54) is 19.3 Å². The summed E-state index contributed by atoms with van der Waals surface area (Å²) >= 11 is 0. The lowest BCUT2D eigenvalue weighted by Crippen LogP contribution is -2.32. The highest BCUT2D eigenvalue weighted by molar-refractivity contribution is 5.44. The zero-order valence-electron chi connectivity index (χ0n) is 13.7. The van der Waals surface area contributed by atoms with E-state index in [0.29, 0.717) is 23.9 Å². The summed E-state index contributed by atoms with van der Waals surface area (Å²) < 4.78 is 0. The first-order valence-electron chi connectivity index (χ1n) is 8.09. The largest absolute Gasteiger partial charge is 0.357 e. The molecule has 1 aromatic heterocycles. The van der Waals surface area contributed by atoms with Gasteiger partial charge in [0.15, 0.2) is 0 Å². The van der Waals surface area contributed by atoms with Crippen molar-refractivity contribution in [2.75, 3.05) is 35.7 Å². The Bertz CT molecular complexity index is 442. The van der Waals surface area contributed by atoms with Crippen molar-refractivity contribution in [3.63, 3.8) is 0 Å². The van der Waals surface area contributed by atoms with Crippen LogP contribution in [-0.4, -0.2) is 41.1 Å². The van der Waals surface area contributed by atoms with Gasteiger partial charge >= 0.3 is 0 Å². The van der Waals surface area contributed by atoms with Gasteiger partial charge in [0.1, 0.15) is 0 Å². The molecule has 6 heteroatoms. The lowest BCUT2D eigenvalue weighted by Gasteiger charge is -2.27. The molecule has 0 aromatic carbocycles. The maximum absolute atomic E-state index is 4.63. The van der Waals surface area contributed by atoms with Crippen LogP contribution in [0.2, 0.25) is 0 Å². The molecule has 1 aliphatic heterocycles. The smallest absolute Gasteiger partial charge is 0.231 e. The van der Waals surface area contributed by atoms with Crippen LogP contribution in [0.1, 0.15) is 46.5 Å². The third-order valence-electron chi connectivity index (χ3n) is 4.05. The van der Waals surface area contributed by atoms with Gasteiger partial charge in [-0.2, -0.15) is 15.0 Å². The average molecular weight is 292 g/mol. The Hall–Kier alpha value is -1.59. The van der Waals surface area contributed by atoms with Crippen LogP contribution >= 0.6 is 0 Å². The molecule has 6 nitrogen and oxygen atoms in total. The molecule has 21 heavy (non-hydrogen) atoms. The van der Waals surface area contributed by atoms with E-state index in [1.807, 2.05) is 7.05 Å². The Kier molecular flexibility index (Phi) is 5.59. The summed E-state index contributed by atoms with van der Waals surface area (Å²) in [4.78, 5) is 15.8. The van der Waals surface area contributed by atoms with Crippen molar-refractivity contribution < 1.29 is 0 Å². The number of nitrogens with one attached hydrogen (secondary N) is 2. The predicted octanol–water partition coefficient (Wildman–Crippen LogP) is 2.75. The van der Waals surface area contributed by atoms with Gasteiger partial charge in [-0.15, -0.1) is 0 Å². The second kappa shape index (κ2) is 7.43. The summed E-state index contributed by atoms with van der Waals surface area (Å²) in [6, 6.07) is 0.381. The van der Waals surface area contributed by atoms with Crippen molar-refractivity contribution in [2.24, 2.45) is 5.92 Å². The van der Waals surface area contributed by atoms with Gasteiger partial charge in [0.2, 0.25) is 17.8 Å². The lowest BCUT2D eigenvalue weighted by atomic mass is 10.0. The Morgan fingerprint density at radius 2 is 1.71 bits per heavy atom. The van der Waals surface area contributed by atoms with E-state index >= 15 is 0 Å². The molecule has 0 aliphatic carbocycles. The average Bonchev–Trinajstić information content (AvgIpc) is 2.52. The van der Waals surface area contributed by atoms with Crippen molar-refractivity contribution in [3.05, 3.63) is 0 Å². The molecule has 1 aromatic rings. The number of rotatable bonds is 6. The molecule has 0 saturated carbocycles. The van der Waals surface area contributed by atoms with Crippen LogP contribution in [0, 0.1) is 5.92 Å². The highest BCUT2D eigenvalue weighted by Crippen LogP contribution is 2.20. The van der Waals surface area contributed by atoms with E-state index in [-0.39, 0.29) is 0 Å². The molecule has 0 spiro atoms. The summed E-state index contributed by atoms with van der Waals surface area (Å²) in [5.41, 5.74) is 0. The minimum absolute atomic E-state index is 0.381. The quantitative estimate of drug-likeness (QED) is 0.840. The van der Waals surface area contributed by atoms with E-state index in [9.17, 15) is 0 Å². The molecular formula is C15H28N6. The second-order valence-corrected chi connectivity index (χ2v) is 5.98. The van der Waals surface area contributed by atoms with Gasteiger partial charge in [0.25, 0.3) is 0 Å². The number of hydrogen-bond acceptors (Lipinski definition) is 6. The van der Waals surface area contributed by atoms with Gasteiger partial charge in [0, 0.05) is 26.2 Å². The molecule has 118 valence electrons. The van der Waals surface area contributed by atoms with Crippen LogP contribution < -0.4 is 15.5 Å². The molecule has 1 atom stereocenters. The molecule has 1 fully saturated rings. The van der Waals surface area contributed by atoms with E-state index in [1.54, 1.807) is 0 Å². The first kappa shape index (κ1) is 15.8. The maximum Gasteiger partial charge on any atom is 0.231 e. The highest BCUT2D eigenvalue weighted by Gasteiger charge is 2.18. The summed E-state index contributed by atoms with van der Waals surface area (Å²) in [5, 5.41) is 6.49. The Balaban J connectivity index is 2.20. The molecule has 2 N–H and O–H groups in total. The Labute approximate surface area is 127 Å². The zero-order valence-corrected chi connectivity index (χ0v) is 13.7. The fraction of sp³-hybridized carbons (Fsp3) is 0.800. The number of piperidine rings is 1. The molecule has 0 amide bonds. The third-order valence-corrected chi connectivity index (χ3v) is 4.05. The fourth-order valence-electron chi connectivity index (χ4n) is 2.68. The number of aromatic nitrogens is 3. The van der Waals surface area contributed by atoms with Crippen LogP contribution in [0.4, 0.5) is 17.8 Å². The maximum atomic E-state index is 4.63. The minimum Gasteiger partial charge on any atom is -0.357 e. The molecule has 1 unspecified atom stereocenters. The number of hydrogen-bond donors (Lipinski definition) is 2. The van der Waals surface area contributed by atoms with E-state index < -0.39 is 0 Å². The zero-order chi connectivity index (χ0) is 15.2. The summed E-state index contributed by atoms with van der Waals surface area (Å²) in [6.07, 6.45) is 4.79. The molecule has 2 rings (SSSR count). The van der Waals surface area contributed by atoms with Gasteiger partial charge in [-0.3, -0.25) is 0 Å². The van der Waals surface area contributed by atoms with E-state index in [4.69, 9.17) is 0 Å². The molecule has 1 saturated heterocycles. The topological polar surface area (TPSA) is 66.0 Å². The van der Waals surface area contributed by atoms with Gasteiger partial charge in [0.05, 0.1) is 0 Å². The Morgan fingerprint density at radius 3 is 2.29 bits per heavy atom. The lowest BCUT2D eigenvalue weighted by molar-refractivity contribution is 0.507. The van der Waals surface area contributed by atoms with Crippen LogP contribution in [0.15, 0.2) is 0 Å².